The third-order valence-corrected chi connectivity index (χ3v) is 4.97. The molecule has 0 atom stereocenters. The summed E-state index contributed by atoms with van der Waals surface area (Å²) >= 11 is 5.13. The van der Waals surface area contributed by atoms with Crippen LogP contribution in [0.25, 0.3) is 0 Å². The number of hydrogen-bond acceptors (Lipinski definition) is 6. The summed E-state index contributed by atoms with van der Waals surface area (Å²) in [7, 11) is 0. The number of nitrogens with zero attached hydrogens (tertiary/aromatic N) is 5. The van der Waals surface area contributed by atoms with Crippen LogP contribution in [0.1, 0.15) is 4.88 Å². The quantitative estimate of drug-likeness (QED) is 0.857. The molecule has 0 radical (unpaired) electrons. The molecule has 1 fully saturated rings. The average Bonchev–Trinajstić information content (AvgIpc) is 3.10. The van der Waals surface area contributed by atoms with Gasteiger partial charge in [-0.15, -0.1) is 0 Å². The first-order chi connectivity index (χ1) is 10.2. The number of anilines is 1. The van der Waals surface area contributed by atoms with Gasteiger partial charge in [0.25, 0.3) is 0 Å². The molecule has 114 valence electrons. The predicted octanol–water partition coefficient (Wildman–Crippen LogP) is 1.26. The van der Waals surface area contributed by atoms with Crippen LogP contribution in [-0.2, 0) is 6.54 Å². The Hall–Kier alpha value is -0.960. The van der Waals surface area contributed by atoms with Gasteiger partial charge in [0.15, 0.2) is 5.13 Å². The van der Waals surface area contributed by atoms with Gasteiger partial charge in [-0.1, -0.05) is 11.3 Å². The molecule has 1 aliphatic rings. The summed E-state index contributed by atoms with van der Waals surface area (Å²) in [4.78, 5) is 10.3. The molecule has 1 saturated heterocycles. The lowest BCUT2D eigenvalue weighted by Crippen LogP contribution is -2.47. The van der Waals surface area contributed by atoms with E-state index in [9.17, 15) is 0 Å². The second-order valence-corrected chi connectivity index (χ2v) is 7.03. The molecular weight excluding hydrogens is 354 g/mol. The van der Waals surface area contributed by atoms with Crippen LogP contribution >= 0.6 is 27.3 Å². The minimum absolute atomic E-state index is 0.237. The molecular formula is C13H18BrN5OS. The zero-order valence-corrected chi connectivity index (χ0v) is 14.1. The lowest BCUT2D eigenvalue weighted by atomic mass is 10.3. The number of aromatic nitrogens is 3. The number of β-amino-alcohol motifs (C(OH)–C–C–N with tert-alkyl or cyclic N) is 1. The maximum absolute atomic E-state index is 8.97. The molecule has 1 N–H and O–H groups in total. The van der Waals surface area contributed by atoms with Crippen LogP contribution in [0.4, 0.5) is 5.13 Å². The summed E-state index contributed by atoms with van der Waals surface area (Å²) < 4.78 is 2.90. The Balaban J connectivity index is 1.58. The first-order valence-electron chi connectivity index (χ1n) is 6.95. The van der Waals surface area contributed by atoms with Crippen LogP contribution in [-0.4, -0.2) is 64.1 Å². The number of halogens is 1. The fraction of sp³-hybridized carbons (Fsp3) is 0.538. The SMILES string of the molecule is OCCN1CCN(c2ncc(Cn3cc(Br)cn3)s2)CC1. The van der Waals surface area contributed by atoms with E-state index < -0.39 is 0 Å². The summed E-state index contributed by atoms with van der Waals surface area (Å²) in [6, 6.07) is 0. The van der Waals surface area contributed by atoms with E-state index in [-0.39, 0.29) is 6.61 Å². The molecule has 21 heavy (non-hydrogen) atoms. The molecule has 0 amide bonds. The topological polar surface area (TPSA) is 57.4 Å². The molecule has 8 heteroatoms. The second kappa shape index (κ2) is 6.87. The molecule has 0 saturated carbocycles. The van der Waals surface area contributed by atoms with Crippen molar-refractivity contribution in [1.82, 2.24) is 19.7 Å². The number of thiazole rings is 1. The highest BCUT2D eigenvalue weighted by Gasteiger charge is 2.19. The third kappa shape index (κ3) is 3.82. The van der Waals surface area contributed by atoms with Gasteiger partial charge in [-0.25, -0.2) is 4.98 Å². The van der Waals surface area contributed by atoms with Gasteiger partial charge >= 0.3 is 0 Å². The van der Waals surface area contributed by atoms with Crippen molar-refractivity contribution < 1.29 is 5.11 Å². The number of hydrogen-bond donors (Lipinski definition) is 1. The lowest BCUT2D eigenvalue weighted by molar-refractivity contribution is 0.189. The number of piperazine rings is 1. The maximum Gasteiger partial charge on any atom is 0.185 e. The highest BCUT2D eigenvalue weighted by molar-refractivity contribution is 9.10. The van der Waals surface area contributed by atoms with Crippen LogP contribution < -0.4 is 4.90 Å². The molecule has 1 aliphatic heterocycles. The fourth-order valence-electron chi connectivity index (χ4n) is 2.41. The summed E-state index contributed by atoms with van der Waals surface area (Å²) in [5, 5.41) is 14.3. The van der Waals surface area contributed by atoms with Crippen LogP contribution in [0.3, 0.4) is 0 Å². The number of rotatable bonds is 5. The van der Waals surface area contributed by atoms with Crippen molar-refractivity contribution in [2.45, 2.75) is 6.54 Å². The normalized spacial score (nSPS) is 16.6. The van der Waals surface area contributed by atoms with Crippen LogP contribution in [0.2, 0.25) is 0 Å². The highest BCUT2D eigenvalue weighted by atomic mass is 79.9. The Morgan fingerprint density at radius 1 is 1.24 bits per heavy atom. The molecule has 2 aromatic rings. The monoisotopic (exact) mass is 371 g/mol. The van der Waals surface area contributed by atoms with Crippen molar-refractivity contribution in [1.29, 1.82) is 0 Å². The molecule has 0 spiro atoms. The van der Waals surface area contributed by atoms with E-state index in [1.165, 1.54) is 4.88 Å². The number of aliphatic hydroxyl groups excluding tert-OH is 1. The number of aliphatic hydroxyl groups is 1. The molecule has 3 rings (SSSR count). The van der Waals surface area contributed by atoms with Crippen molar-refractivity contribution in [3.63, 3.8) is 0 Å². The zero-order chi connectivity index (χ0) is 14.7. The van der Waals surface area contributed by atoms with Crippen molar-refractivity contribution in [3.05, 3.63) is 27.9 Å². The zero-order valence-electron chi connectivity index (χ0n) is 11.7. The molecule has 0 unspecified atom stereocenters. The Morgan fingerprint density at radius 2 is 2.05 bits per heavy atom. The summed E-state index contributed by atoms with van der Waals surface area (Å²) in [6.07, 6.45) is 5.70. The molecule has 0 aliphatic carbocycles. The second-order valence-electron chi connectivity index (χ2n) is 5.02. The minimum atomic E-state index is 0.237. The van der Waals surface area contributed by atoms with Crippen LogP contribution in [0.15, 0.2) is 23.1 Å². The standard InChI is InChI=1S/C13H18BrN5OS/c14-11-7-16-19(9-11)10-12-8-15-13(21-12)18-3-1-17(2-4-18)5-6-20/h7-9,20H,1-6,10H2. The molecule has 2 aromatic heterocycles. The Morgan fingerprint density at radius 3 is 2.71 bits per heavy atom. The van der Waals surface area contributed by atoms with Crippen molar-refractivity contribution in [2.75, 3.05) is 44.2 Å². The van der Waals surface area contributed by atoms with Crippen molar-refractivity contribution in [2.24, 2.45) is 0 Å². The summed E-state index contributed by atoms with van der Waals surface area (Å²) in [5.74, 6) is 0. The van der Waals surface area contributed by atoms with Crippen LogP contribution in [0.5, 0.6) is 0 Å². The highest BCUT2D eigenvalue weighted by Crippen LogP contribution is 2.24. The van der Waals surface area contributed by atoms with Gasteiger partial charge in [0, 0.05) is 50.0 Å². The van der Waals surface area contributed by atoms with Gasteiger partial charge in [0.1, 0.15) is 0 Å². The summed E-state index contributed by atoms with van der Waals surface area (Å²) in [5.41, 5.74) is 0. The Labute approximate surface area is 136 Å². The van der Waals surface area contributed by atoms with E-state index in [0.29, 0.717) is 0 Å². The van der Waals surface area contributed by atoms with E-state index in [1.54, 1.807) is 17.5 Å². The Bertz CT molecular complexity index is 579. The van der Waals surface area contributed by atoms with E-state index >= 15 is 0 Å². The van der Waals surface area contributed by atoms with Gasteiger partial charge in [-0.05, 0) is 15.9 Å². The largest absolute Gasteiger partial charge is 0.395 e. The van der Waals surface area contributed by atoms with Crippen molar-refractivity contribution in [3.8, 4) is 0 Å². The van der Waals surface area contributed by atoms with Gasteiger partial charge in [-0.2, -0.15) is 5.10 Å². The average molecular weight is 372 g/mol. The lowest BCUT2D eigenvalue weighted by Gasteiger charge is -2.34. The van der Waals surface area contributed by atoms with E-state index in [1.807, 2.05) is 17.1 Å². The van der Waals surface area contributed by atoms with Crippen molar-refractivity contribution >= 4 is 32.4 Å². The molecule has 3 heterocycles. The van der Waals surface area contributed by atoms with E-state index in [0.717, 1.165) is 48.9 Å². The molecule has 6 nitrogen and oxygen atoms in total. The molecule has 0 bridgehead atoms. The van der Waals surface area contributed by atoms with Gasteiger partial charge in [-0.3, -0.25) is 9.58 Å². The summed E-state index contributed by atoms with van der Waals surface area (Å²) in [6.45, 7) is 5.68. The fourth-order valence-corrected chi connectivity index (χ4v) is 3.69. The first kappa shape index (κ1) is 15.0. The predicted molar refractivity (Wildman–Crippen MR) is 86.9 cm³/mol. The smallest absolute Gasteiger partial charge is 0.185 e. The van der Waals surface area contributed by atoms with Crippen LogP contribution in [0, 0.1) is 0 Å². The molecule has 0 aromatic carbocycles. The van der Waals surface area contributed by atoms with Gasteiger partial charge < -0.3 is 10.0 Å². The van der Waals surface area contributed by atoms with E-state index in [2.05, 4.69) is 35.8 Å². The maximum atomic E-state index is 8.97. The third-order valence-electron chi connectivity index (χ3n) is 3.52. The van der Waals surface area contributed by atoms with Gasteiger partial charge in [0.2, 0.25) is 0 Å². The minimum Gasteiger partial charge on any atom is -0.395 e. The Kier molecular flexibility index (Phi) is 4.89. The van der Waals surface area contributed by atoms with E-state index in [4.69, 9.17) is 5.11 Å². The van der Waals surface area contributed by atoms with Gasteiger partial charge in [0.05, 0.1) is 23.8 Å². The first-order valence-corrected chi connectivity index (χ1v) is 8.56.